The third-order valence-electron chi connectivity index (χ3n) is 4.60. The number of rotatable bonds is 4. The van der Waals surface area contributed by atoms with Gasteiger partial charge in [0.2, 0.25) is 5.82 Å². The van der Waals surface area contributed by atoms with Gasteiger partial charge in [0.15, 0.2) is 5.69 Å². The van der Waals surface area contributed by atoms with E-state index in [4.69, 9.17) is 4.52 Å². The summed E-state index contributed by atoms with van der Waals surface area (Å²) in [7, 11) is 0. The summed E-state index contributed by atoms with van der Waals surface area (Å²) in [5.74, 6) is -2.15. The van der Waals surface area contributed by atoms with E-state index in [1.54, 1.807) is 30.3 Å². The highest BCUT2D eigenvalue weighted by atomic mass is 19.1. The Balaban J connectivity index is 1.67. The predicted octanol–water partition coefficient (Wildman–Crippen LogP) is 5.07. The summed E-state index contributed by atoms with van der Waals surface area (Å²) >= 11 is 0. The molecule has 5 aromatic rings. The maximum atomic E-state index is 14.5. The Hall–Kier alpha value is -4.27. The first-order valence-electron chi connectivity index (χ1n) is 9.17. The van der Waals surface area contributed by atoms with E-state index in [0.717, 1.165) is 12.1 Å². The first-order valence-corrected chi connectivity index (χ1v) is 9.17. The lowest BCUT2D eigenvalue weighted by molar-refractivity contribution is 0.430. The minimum atomic E-state index is -0.828. The topological polar surface area (TPSA) is 69.6 Å². The number of para-hydroxylation sites is 1. The Kier molecular flexibility index (Phi) is 4.55. The molecule has 2 aromatic heterocycles. The monoisotopic (exact) mass is 419 g/mol. The second kappa shape index (κ2) is 7.52. The summed E-state index contributed by atoms with van der Waals surface area (Å²) in [5.41, 5.74) is 1.44. The Morgan fingerprint density at radius 3 is 2.35 bits per heavy atom. The van der Waals surface area contributed by atoms with Gasteiger partial charge in [-0.15, -0.1) is 5.10 Å². The summed E-state index contributed by atoms with van der Waals surface area (Å²) in [6.07, 6.45) is 0. The van der Waals surface area contributed by atoms with E-state index in [9.17, 15) is 13.2 Å². The van der Waals surface area contributed by atoms with E-state index in [2.05, 4.69) is 20.5 Å². The van der Waals surface area contributed by atoms with Crippen molar-refractivity contribution in [1.29, 1.82) is 0 Å². The van der Waals surface area contributed by atoms with Crippen molar-refractivity contribution >= 4 is 0 Å². The van der Waals surface area contributed by atoms with Crippen LogP contribution in [-0.2, 0) is 0 Å². The molecule has 0 saturated heterocycles. The lowest BCUT2D eigenvalue weighted by Crippen LogP contribution is -2.02. The van der Waals surface area contributed by atoms with Crippen LogP contribution in [0.2, 0.25) is 0 Å². The van der Waals surface area contributed by atoms with Crippen LogP contribution in [0.3, 0.4) is 0 Å². The van der Waals surface area contributed by atoms with Crippen LogP contribution in [0.25, 0.3) is 39.9 Å². The number of nitrogens with zero attached hydrogens (tertiary/aromatic N) is 5. The first-order chi connectivity index (χ1) is 15.1. The van der Waals surface area contributed by atoms with Crippen LogP contribution in [0, 0.1) is 17.5 Å². The van der Waals surface area contributed by atoms with Gasteiger partial charge in [0.05, 0.1) is 5.56 Å². The second-order valence-electron chi connectivity index (χ2n) is 6.56. The number of halogens is 3. The SMILES string of the molecule is Fc1ccc(-c2noc(-c3nnn(-c4ccccc4F)c3-c3ccccc3)n2)c(F)c1. The molecule has 0 N–H and O–H groups in total. The van der Waals surface area contributed by atoms with Crippen LogP contribution in [-0.4, -0.2) is 25.1 Å². The zero-order valence-electron chi connectivity index (χ0n) is 15.7. The molecule has 0 bridgehead atoms. The molecule has 0 aliphatic heterocycles. The molecule has 0 aliphatic carbocycles. The molecular formula is C22H12F3N5O. The van der Waals surface area contributed by atoms with Gasteiger partial charge in [-0.05, 0) is 24.3 Å². The quantitative estimate of drug-likeness (QED) is 0.407. The summed E-state index contributed by atoms with van der Waals surface area (Å²) in [6.45, 7) is 0. The Morgan fingerprint density at radius 1 is 0.806 bits per heavy atom. The van der Waals surface area contributed by atoms with E-state index in [0.29, 0.717) is 11.3 Å². The third-order valence-corrected chi connectivity index (χ3v) is 4.60. The Bertz CT molecular complexity index is 1380. The normalized spacial score (nSPS) is 11.1. The highest BCUT2D eigenvalue weighted by molar-refractivity contribution is 5.76. The fourth-order valence-corrected chi connectivity index (χ4v) is 3.17. The molecule has 2 heterocycles. The van der Waals surface area contributed by atoms with Gasteiger partial charge in [-0.1, -0.05) is 52.8 Å². The smallest absolute Gasteiger partial charge is 0.281 e. The summed E-state index contributed by atoms with van der Waals surface area (Å²) in [6, 6.07) is 18.2. The van der Waals surface area contributed by atoms with Crippen molar-refractivity contribution in [1.82, 2.24) is 25.1 Å². The lowest BCUT2D eigenvalue weighted by atomic mass is 10.1. The average Bonchev–Trinajstić information content (AvgIpc) is 3.42. The fraction of sp³-hybridized carbons (Fsp3) is 0. The van der Waals surface area contributed by atoms with Gasteiger partial charge in [0, 0.05) is 11.6 Å². The largest absolute Gasteiger partial charge is 0.332 e. The molecule has 5 rings (SSSR count). The molecule has 0 unspecified atom stereocenters. The number of aromatic nitrogens is 5. The van der Waals surface area contributed by atoms with Crippen molar-refractivity contribution in [3.63, 3.8) is 0 Å². The number of hydrogen-bond donors (Lipinski definition) is 0. The van der Waals surface area contributed by atoms with Gasteiger partial charge in [-0.3, -0.25) is 0 Å². The molecule has 0 spiro atoms. The van der Waals surface area contributed by atoms with Crippen LogP contribution in [0.4, 0.5) is 13.2 Å². The van der Waals surface area contributed by atoms with Crippen molar-refractivity contribution in [2.45, 2.75) is 0 Å². The molecule has 0 amide bonds. The third kappa shape index (κ3) is 3.35. The van der Waals surface area contributed by atoms with Crippen molar-refractivity contribution in [3.8, 4) is 39.9 Å². The maximum Gasteiger partial charge on any atom is 0.281 e. The van der Waals surface area contributed by atoms with E-state index >= 15 is 0 Å². The van der Waals surface area contributed by atoms with Gasteiger partial charge >= 0.3 is 0 Å². The van der Waals surface area contributed by atoms with Crippen molar-refractivity contribution in [2.24, 2.45) is 0 Å². The molecule has 6 nitrogen and oxygen atoms in total. The van der Waals surface area contributed by atoms with Crippen molar-refractivity contribution in [3.05, 3.63) is 90.2 Å². The van der Waals surface area contributed by atoms with Crippen LogP contribution >= 0.6 is 0 Å². The minimum Gasteiger partial charge on any atom is -0.332 e. The first kappa shape index (κ1) is 18.7. The van der Waals surface area contributed by atoms with Crippen LogP contribution < -0.4 is 0 Å². The Morgan fingerprint density at radius 2 is 1.58 bits per heavy atom. The van der Waals surface area contributed by atoms with E-state index in [1.165, 1.54) is 16.8 Å². The summed E-state index contributed by atoms with van der Waals surface area (Å²) in [5, 5.41) is 12.0. The molecule has 0 saturated carbocycles. The van der Waals surface area contributed by atoms with Crippen molar-refractivity contribution in [2.75, 3.05) is 0 Å². The van der Waals surface area contributed by atoms with Gasteiger partial charge < -0.3 is 4.52 Å². The van der Waals surface area contributed by atoms with E-state index < -0.39 is 17.5 Å². The molecule has 9 heteroatoms. The number of benzene rings is 3. The molecule has 31 heavy (non-hydrogen) atoms. The minimum absolute atomic E-state index is 0.0286. The standard InChI is InChI=1S/C22H12F3N5O/c23-14-10-11-15(17(25)12-14)21-26-22(31-28-21)19-20(13-6-2-1-3-7-13)30(29-27-19)18-9-5-4-8-16(18)24/h1-12H. The van der Waals surface area contributed by atoms with Crippen molar-refractivity contribution < 1.29 is 17.7 Å². The average molecular weight is 419 g/mol. The molecule has 0 atom stereocenters. The molecule has 3 aromatic carbocycles. The summed E-state index contributed by atoms with van der Waals surface area (Å²) < 4.78 is 48.5. The summed E-state index contributed by atoms with van der Waals surface area (Å²) in [4.78, 5) is 4.21. The maximum absolute atomic E-state index is 14.5. The highest BCUT2D eigenvalue weighted by Gasteiger charge is 2.24. The molecule has 152 valence electrons. The lowest BCUT2D eigenvalue weighted by Gasteiger charge is -2.08. The van der Waals surface area contributed by atoms with Crippen LogP contribution in [0.5, 0.6) is 0 Å². The zero-order valence-corrected chi connectivity index (χ0v) is 15.7. The van der Waals surface area contributed by atoms with Crippen LogP contribution in [0.1, 0.15) is 0 Å². The molecule has 0 fully saturated rings. The van der Waals surface area contributed by atoms with Crippen LogP contribution in [0.15, 0.2) is 77.3 Å². The van der Waals surface area contributed by atoms with Gasteiger partial charge in [0.25, 0.3) is 5.89 Å². The zero-order chi connectivity index (χ0) is 21.4. The Labute approximate surface area is 173 Å². The highest BCUT2D eigenvalue weighted by Crippen LogP contribution is 2.33. The molecule has 0 aliphatic rings. The predicted molar refractivity (Wildman–Crippen MR) is 105 cm³/mol. The number of hydrogen-bond acceptors (Lipinski definition) is 5. The second-order valence-corrected chi connectivity index (χ2v) is 6.56. The van der Waals surface area contributed by atoms with Gasteiger partial charge in [-0.2, -0.15) is 4.98 Å². The fourth-order valence-electron chi connectivity index (χ4n) is 3.17. The molecule has 0 radical (unpaired) electrons. The van der Waals surface area contributed by atoms with Gasteiger partial charge in [0.1, 0.15) is 28.8 Å². The van der Waals surface area contributed by atoms with Gasteiger partial charge in [-0.25, -0.2) is 17.9 Å². The molecular weight excluding hydrogens is 407 g/mol. The van der Waals surface area contributed by atoms with E-state index in [1.807, 2.05) is 18.2 Å². The van der Waals surface area contributed by atoms with E-state index in [-0.39, 0.29) is 28.7 Å².